The Hall–Kier alpha value is -2.68. The van der Waals surface area contributed by atoms with Gasteiger partial charge in [0, 0.05) is 17.2 Å². The number of benzene rings is 2. The zero-order chi connectivity index (χ0) is 15.7. The normalized spacial score (nSPS) is 14.3. The van der Waals surface area contributed by atoms with Crippen molar-refractivity contribution >= 4 is 17.1 Å². The average molecular weight is 291 g/mol. The highest BCUT2D eigenvalue weighted by molar-refractivity contribution is 6.40. The van der Waals surface area contributed by atoms with Crippen LogP contribution in [0.2, 0.25) is 0 Å². The lowest BCUT2D eigenvalue weighted by atomic mass is 9.84. The first-order chi connectivity index (χ1) is 10.6. The highest BCUT2D eigenvalue weighted by atomic mass is 16.1. The van der Waals surface area contributed by atoms with Crippen LogP contribution in [0.3, 0.4) is 0 Å². The quantitative estimate of drug-likeness (QED) is 0.941. The first-order valence-electron chi connectivity index (χ1n) is 7.34. The van der Waals surface area contributed by atoms with E-state index in [0.29, 0.717) is 22.4 Å². The summed E-state index contributed by atoms with van der Waals surface area (Å²) in [6.45, 7) is 3.90. The molecule has 2 aromatic rings. The lowest BCUT2D eigenvalue weighted by Gasteiger charge is -2.23. The summed E-state index contributed by atoms with van der Waals surface area (Å²) in [5.41, 5.74) is 2.55. The molecule has 0 unspecified atom stereocenters. The van der Waals surface area contributed by atoms with Crippen molar-refractivity contribution in [2.75, 3.05) is 0 Å². The molecule has 1 aliphatic carbocycles. The molecule has 2 aromatic carbocycles. The van der Waals surface area contributed by atoms with Crippen molar-refractivity contribution in [3.8, 4) is 0 Å². The zero-order valence-electron chi connectivity index (χ0n) is 12.6. The fraction of sp³-hybridized carbons (Fsp3) is 0.158. The van der Waals surface area contributed by atoms with Crippen LogP contribution >= 0.6 is 0 Å². The Morgan fingerprint density at radius 3 is 1.91 bits per heavy atom. The van der Waals surface area contributed by atoms with Crippen molar-refractivity contribution in [3.05, 3.63) is 77.0 Å². The van der Waals surface area contributed by atoms with Gasteiger partial charge < -0.3 is 5.32 Å². The van der Waals surface area contributed by atoms with E-state index in [9.17, 15) is 9.59 Å². The highest BCUT2D eigenvalue weighted by Gasteiger charge is 2.32. The lowest BCUT2D eigenvalue weighted by molar-refractivity contribution is 0.0984. The summed E-state index contributed by atoms with van der Waals surface area (Å²) >= 11 is 0. The molecule has 0 amide bonds. The van der Waals surface area contributed by atoms with E-state index in [2.05, 4.69) is 5.32 Å². The molecule has 0 aromatic heterocycles. The Morgan fingerprint density at radius 2 is 1.32 bits per heavy atom. The number of fused-ring (bicyclic) bond motifs is 1. The molecule has 110 valence electrons. The van der Waals surface area contributed by atoms with Gasteiger partial charge in [-0.15, -0.1) is 0 Å². The van der Waals surface area contributed by atoms with Crippen LogP contribution in [0, 0.1) is 0 Å². The van der Waals surface area contributed by atoms with Crippen LogP contribution in [-0.2, 0) is 0 Å². The van der Waals surface area contributed by atoms with Gasteiger partial charge in [0.15, 0.2) is 5.78 Å². The molecule has 3 rings (SSSR count). The maximum Gasteiger partial charge on any atom is 0.210 e. The predicted octanol–water partition coefficient (Wildman–Crippen LogP) is 3.47. The summed E-state index contributed by atoms with van der Waals surface area (Å²) in [7, 11) is 0. The molecule has 0 heterocycles. The van der Waals surface area contributed by atoms with Crippen LogP contribution < -0.4 is 5.32 Å². The first kappa shape index (κ1) is 14.3. The largest absolute Gasteiger partial charge is 0.379 e. The van der Waals surface area contributed by atoms with Crippen molar-refractivity contribution < 1.29 is 9.59 Å². The number of nitrogens with one attached hydrogen (secondary N) is 1. The van der Waals surface area contributed by atoms with Gasteiger partial charge in [-0.25, -0.2) is 0 Å². The lowest BCUT2D eigenvalue weighted by Crippen LogP contribution is -2.33. The van der Waals surface area contributed by atoms with Crippen LogP contribution in [0.25, 0.3) is 5.57 Å². The molecule has 0 saturated heterocycles. The van der Waals surface area contributed by atoms with Crippen molar-refractivity contribution in [2.45, 2.75) is 19.9 Å². The fourth-order valence-corrected chi connectivity index (χ4v) is 2.68. The number of ketones is 2. The van der Waals surface area contributed by atoms with Gasteiger partial charge in [-0.05, 0) is 19.4 Å². The minimum Gasteiger partial charge on any atom is -0.379 e. The Bertz CT molecular complexity index is 773. The monoisotopic (exact) mass is 291 g/mol. The number of rotatable bonds is 3. The molecule has 0 spiro atoms. The third kappa shape index (κ3) is 2.35. The average Bonchev–Trinajstić information content (AvgIpc) is 2.53. The summed E-state index contributed by atoms with van der Waals surface area (Å²) in [6.07, 6.45) is 0. The van der Waals surface area contributed by atoms with E-state index in [1.807, 2.05) is 44.2 Å². The van der Waals surface area contributed by atoms with E-state index < -0.39 is 0 Å². The molecular weight excluding hydrogens is 274 g/mol. The molecule has 0 aliphatic heterocycles. The van der Waals surface area contributed by atoms with Crippen molar-refractivity contribution in [1.82, 2.24) is 5.32 Å². The van der Waals surface area contributed by atoms with E-state index in [1.165, 1.54) is 0 Å². The number of Topliss-reactive ketones (excluding diaryl/α,β-unsaturated/α-hetero) is 2. The van der Waals surface area contributed by atoms with Gasteiger partial charge >= 0.3 is 0 Å². The third-order valence-electron chi connectivity index (χ3n) is 3.62. The van der Waals surface area contributed by atoms with Crippen LogP contribution in [0.1, 0.15) is 40.1 Å². The number of hydrogen-bond acceptors (Lipinski definition) is 3. The smallest absolute Gasteiger partial charge is 0.210 e. The first-order valence-corrected chi connectivity index (χ1v) is 7.34. The third-order valence-corrected chi connectivity index (χ3v) is 3.62. The summed E-state index contributed by atoms with van der Waals surface area (Å²) in [5.74, 6) is -0.229. The minimum absolute atomic E-state index is 0.0655. The van der Waals surface area contributed by atoms with E-state index in [0.717, 1.165) is 5.56 Å². The Labute approximate surface area is 129 Å². The van der Waals surface area contributed by atoms with E-state index in [4.69, 9.17) is 0 Å². The zero-order valence-corrected chi connectivity index (χ0v) is 12.6. The number of carbonyl (C=O) groups is 2. The molecule has 22 heavy (non-hydrogen) atoms. The second-order valence-electron chi connectivity index (χ2n) is 5.62. The maximum absolute atomic E-state index is 12.9. The summed E-state index contributed by atoms with van der Waals surface area (Å²) in [4.78, 5) is 25.7. The SMILES string of the molecule is CC(C)NC1=C(c2ccccc2)C(=O)c2ccccc2C1=O. The second-order valence-corrected chi connectivity index (χ2v) is 5.62. The van der Waals surface area contributed by atoms with Gasteiger partial charge in [0.1, 0.15) is 0 Å². The van der Waals surface area contributed by atoms with Gasteiger partial charge in [-0.2, -0.15) is 0 Å². The number of allylic oxidation sites excluding steroid dienone is 2. The van der Waals surface area contributed by atoms with Gasteiger partial charge in [0.05, 0.1) is 11.3 Å². The molecule has 3 nitrogen and oxygen atoms in total. The van der Waals surface area contributed by atoms with E-state index >= 15 is 0 Å². The van der Waals surface area contributed by atoms with Crippen molar-refractivity contribution in [3.63, 3.8) is 0 Å². The van der Waals surface area contributed by atoms with Crippen LogP contribution in [0.5, 0.6) is 0 Å². The molecule has 0 atom stereocenters. The molecular formula is C19H17NO2. The van der Waals surface area contributed by atoms with Gasteiger partial charge in [0.2, 0.25) is 5.78 Å². The standard InChI is InChI=1S/C19H17NO2/c1-12(2)20-17-16(13-8-4-3-5-9-13)18(21)14-10-6-7-11-15(14)19(17)22/h3-12,20H,1-2H3. The predicted molar refractivity (Wildman–Crippen MR) is 86.7 cm³/mol. The minimum atomic E-state index is -0.122. The van der Waals surface area contributed by atoms with Crippen LogP contribution in [-0.4, -0.2) is 17.6 Å². The fourth-order valence-electron chi connectivity index (χ4n) is 2.68. The molecule has 0 fully saturated rings. The van der Waals surface area contributed by atoms with Gasteiger partial charge in [0.25, 0.3) is 0 Å². The van der Waals surface area contributed by atoms with E-state index in [-0.39, 0.29) is 17.6 Å². The molecule has 0 saturated carbocycles. The maximum atomic E-state index is 12.9. The Kier molecular flexibility index (Phi) is 3.63. The van der Waals surface area contributed by atoms with Crippen molar-refractivity contribution in [2.24, 2.45) is 0 Å². The Morgan fingerprint density at radius 1 is 0.773 bits per heavy atom. The summed E-state index contributed by atoms with van der Waals surface area (Å²) in [5, 5.41) is 3.16. The van der Waals surface area contributed by atoms with Crippen molar-refractivity contribution in [1.29, 1.82) is 0 Å². The molecule has 3 heteroatoms. The van der Waals surface area contributed by atoms with Gasteiger partial charge in [-0.3, -0.25) is 9.59 Å². The van der Waals surface area contributed by atoms with Crippen LogP contribution in [0.4, 0.5) is 0 Å². The summed E-state index contributed by atoms with van der Waals surface area (Å²) in [6, 6.07) is 16.4. The number of hydrogen-bond donors (Lipinski definition) is 1. The molecule has 0 radical (unpaired) electrons. The highest BCUT2D eigenvalue weighted by Crippen LogP contribution is 2.31. The molecule has 1 aliphatic rings. The van der Waals surface area contributed by atoms with E-state index in [1.54, 1.807) is 24.3 Å². The second kappa shape index (κ2) is 5.60. The Balaban J connectivity index is 2.24. The van der Waals surface area contributed by atoms with Gasteiger partial charge in [-0.1, -0.05) is 54.6 Å². The number of carbonyl (C=O) groups excluding carboxylic acids is 2. The summed E-state index contributed by atoms with van der Waals surface area (Å²) < 4.78 is 0. The molecule has 0 bridgehead atoms. The molecule has 1 N–H and O–H groups in total. The van der Waals surface area contributed by atoms with Crippen LogP contribution in [0.15, 0.2) is 60.3 Å². The topological polar surface area (TPSA) is 46.2 Å².